The van der Waals surface area contributed by atoms with Gasteiger partial charge in [0.15, 0.2) is 11.6 Å². The first kappa shape index (κ1) is 15.7. The molecule has 2 nitrogen and oxygen atoms in total. The highest BCUT2D eigenvalue weighted by molar-refractivity contribution is 5.69. The molecule has 19 heavy (non-hydrogen) atoms. The lowest BCUT2D eigenvalue weighted by Crippen LogP contribution is -2.38. The molecule has 0 saturated carbocycles. The van der Waals surface area contributed by atoms with Gasteiger partial charge < -0.3 is 10.6 Å². The summed E-state index contributed by atoms with van der Waals surface area (Å²) in [5.74, 6) is -1.33. The molecule has 1 aromatic carbocycles. The minimum Gasteiger partial charge on any atom is -0.397 e. The lowest BCUT2D eigenvalue weighted by molar-refractivity contribution is 0.474. The van der Waals surface area contributed by atoms with Crippen molar-refractivity contribution < 1.29 is 8.78 Å². The van der Waals surface area contributed by atoms with Crippen molar-refractivity contribution in [2.75, 3.05) is 17.2 Å². The Kier molecular flexibility index (Phi) is 5.58. The van der Waals surface area contributed by atoms with E-state index in [0.29, 0.717) is 18.2 Å². The van der Waals surface area contributed by atoms with Crippen molar-refractivity contribution in [3.63, 3.8) is 0 Å². The van der Waals surface area contributed by atoms with E-state index in [1.54, 1.807) is 0 Å². The van der Waals surface area contributed by atoms with E-state index in [-0.39, 0.29) is 11.7 Å². The van der Waals surface area contributed by atoms with Crippen molar-refractivity contribution in [3.8, 4) is 0 Å². The maximum Gasteiger partial charge on any atom is 0.184 e. The van der Waals surface area contributed by atoms with Crippen LogP contribution < -0.4 is 10.6 Å². The van der Waals surface area contributed by atoms with E-state index >= 15 is 0 Å². The molecule has 0 aliphatic carbocycles. The molecule has 0 radical (unpaired) electrons. The van der Waals surface area contributed by atoms with Crippen molar-refractivity contribution in [2.45, 2.75) is 46.6 Å². The van der Waals surface area contributed by atoms with Crippen LogP contribution in [0.4, 0.5) is 20.2 Å². The minimum absolute atomic E-state index is 0.168. The lowest BCUT2D eigenvalue weighted by Gasteiger charge is -2.35. The zero-order valence-corrected chi connectivity index (χ0v) is 12.2. The molecule has 0 aromatic heterocycles. The first-order valence-corrected chi connectivity index (χ1v) is 6.92. The van der Waals surface area contributed by atoms with E-state index in [1.165, 1.54) is 6.07 Å². The van der Waals surface area contributed by atoms with Gasteiger partial charge in [-0.2, -0.15) is 0 Å². The molecule has 0 aliphatic rings. The Balaban J connectivity index is 3.27. The first-order valence-electron chi connectivity index (χ1n) is 6.92. The number of anilines is 2. The van der Waals surface area contributed by atoms with Crippen molar-refractivity contribution >= 4 is 11.4 Å². The predicted molar refractivity (Wildman–Crippen MR) is 77.3 cm³/mol. The molecule has 0 saturated heterocycles. The summed E-state index contributed by atoms with van der Waals surface area (Å²) in [6, 6.07) is 2.68. The first-order chi connectivity index (χ1) is 8.92. The number of nitrogens with zero attached hydrogens (tertiary/aromatic N) is 1. The molecule has 0 heterocycles. The fraction of sp³-hybridized carbons (Fsp3) is 0.600. The summed E-state index contributed by atoms with van der Waals surface area (Å²) in [5, 5.41) is 0. The van der Waals surface area contributed by atoms with Crippen LogP contribution in [0.25, 0.3) is 0 Å². The van der Waals surface area contributed by atoms with Crippen LogP contribution in [-0.4, -0.2) is 12.6 Å². The van der Waals surface area contributed by atoms with Crippen LogP contribution >= 0.6 is 0 Å². The Morgan fingerprint density at radius 2 is 1.74 bits per heavy atom. The summed E-state index contributed by atoms with van der Waals surface area (Å²) in [6.45, 7) is 8.88. The molecule has 0 aliphatic heterocycles. The Labute approximate surface area is 114 Å². The summed E-state index contributed by atoms with van der Waals surface area (Å²) in [5.41, 5.74) is 6.37. The summed E-state index contributed by atoms with van der Waals surface area (Å²) in [4.78, 5) is 1.92. The summed E-state index contributed by atoms with van der Waals surface area (Å²) >= 11 is 0. The Morgan fingerprint density at radius 1 is 1.16 bits per heavy atom. The minimum atomic E-state index is -0.844. The Bertz CT molecular complexity index is 415. The Hall–Kier alpha value is -1.32. The molecule has 0 unspecified atom stereocenters. The molecular weight excluding hydrogens is 246 g/mol. The molecule has 1 aromatic rings. The molecule has 0 bridgehead atoms. The van der Waals surface area contributed by atoms with E-state index in [2.05, 4.69) is 27.7 Å². The van der Waals surface area contributed by atoms with Gasteiger partial charge in [-0.1, -0.05) is 27.7 Å². The van der Waals surface area contributed by atoms with Gasteiger partial charge in [-0.15, -0.1) is 0 Å². The van der Waals surface area contributed by atoms with Gasteiger partial charge in [-0.25, -0.2) is 8.78 Å². The van der Waals surface area contributed by atoms with Gasteiger partial charge >= 0.3 is 0 Å². The summed E-state index contributed by atoms with van der Waals surface area (Å²) in [7, 11) is 0. The average Bonchev–Trinajstić information content (AvgIpc) is 2.35. The highest BCUT2D eigenvalue weighted by atomic mass is 19.2. The number of halogens is 2. The standard InChI is InChI=1S/C15H24F2N2/c1-5-11(6-2)19(9-10(3)4)15-13(18)8-7-12(16)14(15)17/h7-8,10-11H,5-6,9,18H2,1-4H3. The molecule has 0 spiro atoms. The molecule has 1 rings (SSSR count). The van der Waals surface area contributed by atoms with Crippen LogP contribution in [-0.2, 0) is 0 Å². The largest absolute Gasteiger partial charge is 0.397 e. The van der Waals surface area contributed by atoms with Crippen LogP contribution in [0.2, 0.25) is 0 Å². The Morgan fingerprint density at radius 3 is 2.21 bits per heavy atom. The van der Waals surface area contributed by atoms with Crippen LogP contribution in [0.1, 0.15) is 40.5 Å². The number of nitrogens with two attached hydrogens (primary N) is 1. The third-order valence-corrected chi connectivity index (χ3v) is 3.33. The second kappa shape index (κ2) is 6.73. The van der Waals surface area contributed by atoms with Gasteiger partial charge in [0, 0.05) is 12.6 Å². The van der Waals surface area contributed by atoms with Crippen molar-refractivity contribution in [1.82, 2.24) is 0 Å². The number of benzene rings is 1. The molecule has 0 amide bonds. The molecule has 0 fully saturated rings. The molecule has 4 heteroatoms. The van der Waals surface area contributed by atoms with Gasteiger partial charge in [0.2, 0.25) is 0 Å². The molecule has 2 N–H and O–H groups in total. The number of nitrogen functional groups attached to an aromatic ring is 1. The number of rotatable bonds is 6. The maximum atomic E-state index is 14.1. The second-order valence-corrected chi connectivity index (χ2v) is 5.32. The highest BCUT2D eigenvalue weighted by Crippen LogP contribution is 2.32. The average molecular weight is 270 g/mol. The van der Waals surface area contributed by atoms with Crippen molar-refractivity contribution in [3.05, 3.63) is 23.8 Å². The lowest BCUT2D eigenvalue weighted by atomic mass is 10.1. The predicted octanol–water partition coefficient (Wildman–Crippen LogP) is 4.20. The third-order valence-electron chi connectivity index (χ3n) is 3.33. The second-order valence-electron chi connectivity index (χ2n) is 5.32. The summed E-state index contributed by atoms with van der Waals surface area (Å²) in [6.07, 6.45) is 1.75. The topological polar surface area (TPSA) is 29.3 Å². The fourth-order valence-electron chi connectivity index (χ4n) is 2.39. The SMILES string of the molecule is CCC(CC)N(CC(C)C)c1c(N)ccc(F)c1F. The third kappa shape index (κ3) is 3.58. The van der Waals surface area contributed by atoms with Crippen molar-refractivity contribution in [1.29, 1.82) is 0 Å². The molecular formula is C15H24F2N2. The smallest absolute Gasteiger partial charge is 0.184 e. The number of hydrogen-bond acceptors (Lipinski definition) is 2. The fourth-order valence-corrected chi connectivity index (χ4v) is 2.39. The van der Waals surface area contributed by atoms with Crippen LogP contribution in [0.5, 0.6) is 0 Å². The van der Waals surface area contributed by atoms with Crippen LogP contribution in [0.3, 0.4) is 0 Å². The van der Waals surface area contributed by atoms with E-state index < -0.39 is 11.6 Å². The van der Waals surface area contributed by atoms with E-state index in [1.807, 2.05) is 4.90 Å². The highest BCUT2D eigenvalue weighted by Gasteiger charge is 2.24. The van der Waals surface area contributed by atoms with E-state index in [4.69, 9.17) is 5.73 Å². The summed E-state index contributed by atoms with van der Waals surface area (Å²) < 4.78 is 27.6. The van der Waals surface area contributed by atoms with Gasteiger partial charge in [0.1, 0.15) is 0 Å². The zero-order chi connectivity index (χ0) is 14.6. The van der Waals surface area contributed by atoms with E-state index in [9.17, 15) is 8.78 Å². The van der Waals surface area contributed by atoms with Gasteiger partial charge in [-0.05, 0) is 30.9 Å². The van der Waals surface area contributed by atoms with Gasteiger partial charge in [0.05, 0.1) is 11.4 Å². The van der Waals surface area contributed by atoms with Crippen LogP contribution in [0.15, 0.2) is 12.1 Å². The van der Waals surface area contributed by atoms with E-state index in [0.717, 1.165) is 18.9 Å². The van der Waals surface area contributed by atoms with Crippen LogP contribution in [0, 0.1) is 17.6 Å². The maximum absolute atomic E-state index is 14.1. The number of hydrogen-bond donors (Lipinski definition) is 1. The molecule has 108 valence electrons. The quantitative estimate of drug-likeness (QED) is 0.785. The molecule has 0 atom stereocenters. The van der Waals surface area contributed by atoms with Gasteiger partial charge in [0.25, 0.3) is 0 Å². The zero-order valence-electron chi connectivity index (χ0n) is 12.2. The van der Waals surface area contributed by atoms with Gasteiger partial charge in [-0.3, -0.25) is 0 Å². The normalized spacial score (nSPS) is 11.4. The monoisotopic (exact) mass is 270 g/mol. The van der Waals surface area contributed by atoms with Crippen molar-refractivity contribution in [2.24, 2.45) is 5.92 Å².